The average molecular weight is 370 g/mol. The molecule has 0 fully saturated rings. The van der Waals surface area contributed by atoms with Gasteiger partial charge in [-0.2, -0.15) is 0 Å². The van der Waals surface area contributed by atoms with Crippen molar-refractivity contribution in [2.24, 2.45) is 0 Å². The zero-order valence-electron chi connectivity index (χ0n) is 16.3. The lowest BCUT2D eigenvalue weighted by atomic mass is 10.0. The third kappa shape index (κ3) is 1.79. The predicted octanol–water partition coefficient (Wildman–Crippen LogP) is 7.15. The second kappa shape index (κ2) is 5.03. The summed E-state index contributed by atoms with van der Waals surface area (Å²) < 4.78 is 2.48. The molecule has 0 bridgehead atoms. The van der Waals surface area contributed by atoms with Crippen molar-refractivity contribution in [1.29, 1.82) is 0 Å². The molecule has 7 rings (SSSR count). The van der Waals surface area contributed by atoms with Crippen molar-refractivity contribution in [2.45, 2.75) is 13.8 Å². The molecule has 0 saturated heterocycles. The lowest BCUT2D eigenvalue weighted by molar-refractivity contribution is 1.30. The minimum atomic E-state index is 1.10. The highest BCUT2D eigenvalue weighted by atomic mass is 14.9. The molecule has 0 radical (unpaired) electrons. The van der Waals surface area contributed by atoms with E-state index in [2.05, 4.69) is 85.0 Å². The van der Waals surface area contributed by atoms with E-state index < -0.39 is 0 Å². The fraction of sp³-hybridized carbons (Fsp3) is 0.0741. The lowest BCUT2D eigenvalue weighted by Gasteiger charge is -2.13. The molecule has 29 heavy (non-hydrogen) atoms. The highest BCUT2D eigenvalue weighted by molar-refractivity contribution is 6.28. The molecule has 7 aromatic rings. The number of benzene rings is 4. The van der Waals surface area contributed by atoms with E-state index in [4.69, 9.17) is 4.98 Å². The first-order valence-electron chi connectivity index (χ1n) is 10.1. The van der Waals surface area contributed by atoms with Crippen LogP contribution >= 0.6 is 0 Å². The molecular formula is C27H18N2. The molecule has 0 spiro atoms. The number of aryl methyl sites for hydroxylation is 2. The van der Waals surface area contributed by atoms with Crippen LogP contribution in [0.5, 0.6) is 0 Å². The molecule has 0 aliphatic rings. The van der Waals surface area contributed by atoms with Gasteiger partial charge >= 0.3 is 0 Å². The molecule has 0 N–H and O–H groups in total. The first kappa shape index (κ1) is 15.3. The van der Waals surface area contributed by atoms with Gasteiger partial charge in [0.2, 0.25) is 0 Å². The van der Waals surface area contributed by atoms with Crippen molar-refractivity contribution in [3.05, 3.63) is 84.1 Å². The highest BCUT2D eigenvalue weighted by Gasteiger charge is 2.20. The molecule has 0 aliphatic heterocycles. The van der Waals surface area contributed by atoms with Crippen molar-refractivity contribution in [2.75, 3.05) is 0 Å². The molecule has 3 heterocycles. The summed E-state index contributed by atoms with van der Waals surface area (Å²) in [6.07, 6.45) is 1.94. The minimum absolute atomic E-state index is 1.10. The van der Waals surface area contributed by atoms with Crippen LogP contribution in [0.1, 0.15) is 11.1 Å². The van der Waals surface area contributed by atoms with Crippen LogP contribution in [0.3, 0.4) is 0 Å². The van der Waals surface area contributed by atoms with E-state index in [0.29, 0.717) is 0 Å². The van der Waals surface area contributed by atoms with Gasteiger partial charge in [-0.25, -0.2) is 0 Å². The Kier molecular flexibility index (Phi) is 2.66. The molecule has 0 aliphatic carbocycles. The molecule has 0 saturated carbocycles. The quantitative estimate of drug-likeness (QED) is 0.205. The van der Waals surface area contributed by atoms with Gasteiger partial charge in [0.15, 0.2) is 0 Å². The van der Waals surface area contributed by atoms with Crippen molar-refractivity contribution < 1.29 is 0 Å². The monoisotopic (exact) mass is 370 g/mol. The molecule has 0 atom stereocenters. The van der Waals surface area contributed by atoms with Gasteiger partial charge in [0.1, 0.15) is 0 Å². The Balaban J connectivity index is 1.95. The Labute approximate surface area is 167 Å². The molecule has 4 aromatic carbocycles. The Hall–Kier alpha value is -3.65. The maximum atomic E-state index is 4.87. The normalized spacial score (nSPS) is 12.5. The van der Waals surface area contributed by atoms with Crippen molar-refractivity contribution >= 4 is 59.8 Å². The van der Waals surface area contributed by atoms with Crippen LogP contribution in [-0.4, -0.2) is 9.38 Å². The maximum absolute atomic E-state index is 4.87. The standard InChI is InChI=1S/C27H18N2/c1-15-11-16(2)26-21(12-15)20-8-7-17-9-10-28-25-22-13-18-5-3-4-6-19(18)14-23(22)29(26)27(20)24(17)25/h3-14H,1-2H3. The first-order valence-corrected chi connectivity index (χ1v) is 10.1. The van der Waals surface area contributed by atoms with Crippen molar-refractivity contribution in [3.8, 4) is 0 Å². The van der Waals surface area contributed by atoms with E-state index in [9.17, 15) is 0 Å². The number of nitrogens with zero attached hydrogens (tertiary/aromatic N) is 2. The Morgan fingerprint density at radius 3 is 2.38 bits per heavy atom. The molecule has 3 aromatic heterocycles. The van der Waals surface area contributed by atoms with Gasteiger partial charge in [-0.15, -0.1) is 0 Å². The smallest absolute Gasteiger partial charge is 0.0822 e. The third-order valence-electron chi connectivity index (χ3n) is 6.45. The molecular weight excluding hydrogens is 352 g/mol. The molecule has 2 heteroatoms. The van der Waals surface area contributed by atoms with Crippen molar-refractivity contribution in [1.82, 2.24) is 9.38 Å². The number of hydrogen-bond acceptors (Lipinski definition) is 1. The summed E-state index contributed by atoms with van der Waals surface area (Å²) in [6.45, 7) is 4.42. The highest BCUT2D eigenvalue weighted by Crippen LogP contribution is 2.42. The van der Waals surface area contributed by atoms with Crippen LogP contribution < -0.4 is 0 Å². The van der Waals surface area contributed by atoms with Gasteiger partial charge in [-0.05, 0) is 59.8 Å². The molecule has 0 amide bonds. The lowest BCUT2D eigenvalue weighted by Crippen LogP contribution is -1.95. The van der Waals surface area contributed by atoms with Crippen LogP contribution in [0.4, 0.5) is 0 Å². The molecule has 136 valence electrons. The fourth-order valence-corrected chi connectivity index (χ4v) is 5.32. The molecule has 0 unspecified atom stereocenters. The fourth-order valence-electron chi connectivity index (χ4n) is 5.32. The van der Waals surface area contributed by atoms with Crippen LogP contribution in [0.25, 0.3) is 59.8 Å². The largest absolute Gasteiger partial charge is 0.308 e. The summed E-state index contributed by atoms with van der Waals surface area (Å²) in [4.78, 5) is 4.87. The van der Waals surface area contributed by atoms with Crippen LogP contribution in [-0.2, 0) is 0 Å². The third-order valence-corrected chi connectivity index (χ3v) is 6.45. The van der Waals surface area contributed by atoms with Gasteiger partial charge < -0.3 is 4.40 Å². The zero-order valence-corrected chi connectivity index (χ0v) is 16.3. The van der Waals surface area contributed by atoms with Gasteiger partial charge in [-0.1, -0.05) is 48.0 Å². The second-order valence-electron chi connectivity index (χ2n) is 8.25. The summed E-state index contributed by atoms with van der Waals surface area (Å²) >= 11 is 0. The Morgan fingerprint density at radius 2 is 1.52 bits per heavy atom. The number of aromatic nitrogens is 2. The van der Waals surface area contributed by atoms with E-state index in [-0.39, 0.29) is 0 Å². The zero-order chi connectivity index (χ0) is 19.3. The van der Waals surface area contributed by atoms with Crippen LogP contribution in [0, 0.1) is 13.8 Å². The van der Waals surface area contributed by atoms with Gasteiger partial charge in [0.25, 0.3) is 0 Å². The molecule has 2 nitrogen and oxygen atoms in total. The van der Waals surface area contributed by atoms with E-state index in [1.54, 1.807) is 0 Å². The maximum Gasteiger partial charge on any atom is 0.0822 e. The SMILES string of the molecule is Cc1cc(C)c2c(c1)c1ccc3ccnc4c5cc6ccccc6cc5n2c1c34. The number of fused-ring (bicyclic) bond motifs is 7. The van der Waals surface area contributed by atoms with Crippen molar-refractivity contribution in [3.63, 3.8) is 0 Å². The van der Waals surface area contributed by atoms with Gasteiger partial charge in [-0.3, -0.25) is 4.98 Å². The van der Waals surface area contributed by atoms with E-state index in [1.165, 1.54) is 65.4 Å². The van der Waals surface area contributed by atoms with Gasteiger partial charge in [0.05, 0.1) is 22.1 Å². The predicted molar refractivity (Wildman–Crippen MR) is 123 cm³/mol. The summed E-state index contributed by atoms with van der Waals surface area (Å²) in [6, 6.07) is 24.5. The number of hydrogen-bond donors (Lipinski definition) is 0. The summed E-state index contributed by atoms with van der Waals surface area (Å²) in [5.74, 6) is 0. The van der Waals surface area contributed by atoms with Crippen LogP contribution in [0.2, 0.25) is 0 Å². The minimum Gasteiger partial charge on any atom is -0.308 e. The van der Waals surface area contributed by atoms with E-state index >= 15 is 0 Å². The van der Waals surface area contributed by atoms with E-state index in [1.807, 2.05) is 6.20 Å². The number of rotatable bonds is 0. The number of pyridine rings is 2. The van der Waals surface area contributed by atoms with Crippen LogP contribution in [0.15, 0.2) is 72.9 Å². The topological polar surface area (TPSA) is 17.3 Å². The summed E-state index contributed by atoms with van der Waals surface area (Å²) in [5, 5.41) is 8.89. The Bertz CT molecular complexity index is 1770. The summed E-state index contributed by atoms with van der Waals surface area (Å²) in [5.41, 5.74) is 7.54. The average Bonchev–Trinajstić information content (AvgIpc) is 3.07. The summed E-state index contributed by atoms with van der Waals surface area (Å²) in [7, 11) is 0. The Morgan fingerprint density at radius 1 is 0.690 bits per heavy atom. The first-order chi connectivity index (χ1) is 14.2. The second-order valence-corrected chi connectivity index (χ2v) is 8.25. The van der Waals surface area contributed by atoms with Gasteiger partial charge in [0, 0.05) is 27.7 Å². The van der Waals surface area contributed by atoms with E-state index in [0.717, 1.165) is 5.52 Å².